The van der Waals surface area contributed by atoms with Crippen molar-refractivity contribution in [3.8, 4) is 27.7 Å². The lowest BCUT2D eigenvalue weighted by Crippen LogP contribution is -2.35. The fourth-order valence-corrected chi connectivity index (χ4v) is 6.49. The van der Waals surface area contributed by atoms with E-state index in [1.54, 1.807) is 4.90 Å². The molecule has 6 rings (SSSR count). The Morgan fingerprint density at radius 1 is 0.902 bits per heavy atom. The molecule has 208 valence electrons. The van der Waals surface area contributed by atoms with E-state index in [1.165, 1.54) is 23.5 Å². The molecule has 0 spiro atoms. The van der Waals surface area contributed by atoms with Crippen molar-refractivity contribution in [2.45, 2.75) is 19.4 Å². The number of ether oxygens (including phenoxy) is 2. The van der Waals surface area contributed by atoms with Gasteiger partial charge in [0.2, 0.25) is 0 Å². The predicted octanol–water partition coefficient (Wildman–Crippen LogP) is 9.40. The van der Waals surface area contributed by atoms with Crippen LogP contribution < -0.4 is 14.4 Å². The van der Waals surface area contributed by atoms with E-state index in [0.29, 0.717) is 38.3 Å². The summed E-state index contributed by atoms with van der Waals surface area (Å²) in [7, 11) is 0. The Balaban J connectivity index is 1.33. The standard InChI is InChI=1S/C33H26BrF2NO3S/c34-24-8-6-23(7-9-24)33-32(27-11-10-25(18-30(27)41-33)39-20-22-4-2-1-3-5-22)40-26-16-28(35)31(29(36)17-26)37-14-12-21(19-38)13-15-37/h1-11,16-19,21H,12-15,20H2. The Bertz CT molecular complexity index is 1660. The van der Waals surface area contributed by atoms with Crippen molar-refractivity contribution in [3.05, 3.63) is 107 Å². The van der Waals surface area contributed by atoms with Crippen LogP contribution in [0.15, 0.2) is 89.4 Å². The largest absolute Gasteiger partial charge is 0.489 e. The van der Waals surface area contributed by atoms with Gasteiger partial charge in [0.05, 0.1) is 4.88 Å². The Kier molecular flexibility index (Phi) is 8.03. The highest BCUT2D eigenvalue weighted by molar-refractivity contribution is 9.10. The average molecular weight is 635 g/mol. The van der Waals surface area contributed by atoms with Crippen molar-refractivity contribution in [1.82, 2.24) is 0 Å². The van der Waals surface area contributed by atoms with Gasteiger partial charge in [-0.2, -0.15) is 0 Å². The average Bonchev–Trinajstić information content (AvgIpc) is 3.34. The van der Waals surface area contributed by atoms with Gasteiger partial charge < -0.3 is 19.2 Å². The minimum absolute atomic E-state index is 0.0619. The second-order valence-corrected chi connectivity index (χ2v) is 12.0. The van der Waals surface area contributed by atoms with Crippen LogP contribution in [0.25, 0.3) is 20.5 Å². The molecule has 8 heteroatoms. The van der Waals surface area contributed by atoms with E-state index < -0.39 is 11.6 Å². The van der Waals surface area contributed by atoms with Gasteiger partial charge in [-0.05, 0) is 54.3 Å². The van der Waals surface area contributed by atoms with Crippen molar-refractivity contribution < 1.29 is 23.0 Å². The van der Waals surface area contributed by atoms with Crippen LogP contribution in [0.5, 0.6) is 17.2 Å². The molecule has 4 aromatic carbocycles. The van der Waals surface area contributed by atoms with Crippen LogP contribution >= 0.6 is 27.3 Å². The lowest BCUT2D eigenvalue weighted by Gasteiger charge is -2.32. The minimum atomic E-state index is -0.689. The zero-order valence-corrected chi connectivity index (χ0v) is 24.4. The first kappa shape index (κ1) is 27.4. The smallest absolute Gasteiger partial charge is 0.153 e. The minimum Gasteiger partial charge on any atom is -0.489 e. The molecule has 0 N–H and O–H groups in total. The van der Waals surface area contributed by atoms with Gasteiger partial charge in [-0.3, -0.25) is 0 Å². The maximum atomic E-state index is 15.3. The molecular formula is C33H26BrF2NO3S. The van der Waals surface area contributed by atoms with Crippen LogP contribution in [0.2, 0.25) is 0 Å². The monoisotopic (exact) mass is 633 g/mol. The van der Waals surface area contributed by atoms with Gasteiger partial charge in [0.1, 0.15) is 30.1 Å². The number of benzene rings is 4. The number of halogens is 3. The quantitative estimate of drug-likeness (QED) is 0.160. The number of carbonyl (C=O) groups excluding carboxylic acids is 1. The molecule has 0 bridgehead atoms. The van der Waals surface area contributed by atoms with E-state index in [4.69, 9.17) is 9.47 Å². The Labute approximate surface area is 249 Å². The third-order valence-corrected chi connectivity index (χ3v) is 8.94. The fourth-order valence-electron chi connectivity index (χ4n) is 5.06. The van der Waals surface area contributed by atoms with Gasteiger partial charge in [-0.25, -0.2) is 8.78 Å². The van der Waals surface area contributed by atoms with E-state index in [1.807, 2.05) is 72.8 Å². The van der Waals surface area contributed by atoms with Crippen LogP contribution in [0.3, 0.4) is 0 Å². The molecule has 1 aromatic heterocycles. The number of anilines is 1. The summed E-state index contributed by atoms with van der Waals surface area (Å²) in [6.45, 7) is 1.29. The third-order valence-electron chi connectivity index (χ3n) is 7.23. The molecule has 0 radical (unpaired) electrons. The number of aldehydes is 1. The van der Waals surface area contributed by atoms with Crippen LogP contribution in [-0.2, 0) is 11.4 Å². The molecule has 5 aromatic rings. The van der Waals surface area contributed by atoms with Gasteiger partial charge in [-0.15, -0.1) is 11.3 Å². The Morgan fingerprint density at radius 2 is 1.61 bits per heavy atom. The van der Waals surface area contributed by atoms with E-state index in [9.17, 15) is 4.79 Å². The maximum Gasteiger partial charge on any atom is 0.153 e. The second kappa shape index (κ2) is 12.0. The molecule has 0 saturated carbocycles. The first-order chi connectivity index (χ1) is 20.0. The number of carbonyl (C=O) groups is 1. The lowest BCUT2D eigenvalue weighted by atomic mass is 9.98. The topological polar surface area (TPSA) is 38.8 Å². The Hall–Kier alpha value is -3.75. The highest BCUT2D eigenvalue weighted by atomic mass is 79.9. The summed E-state index contributed by atoms with van der Waals surface area (Å²) in [6.07, 6.45) is 2.08. The SMILES string of the molecule is O=CC1CCN(c2c(F)cc(Oc3c(-c4ccc(Br)cc4)sc4cc(OCc5ccccc5)ccc34)cc2F)CC1. The normalized spacial score (nSPS) is 13.9. The molecule has 1 aliphatic heterocycles. The molecule has 4 nitrogen and oxygen atoms in total. The second-order valence-electron chi connectivity index (χ2n) is 10.00. The van der Waals surface area contributed by atoms with E-state index in [-0.39, 0.29) is 17.4 Å². The molecule has 0 aliphatic carbocycles. The first-order valence-corrected chi connectivity index (χ1v) is 15.0. The van der Waals surface area contributed by atoms with Crippen molar-refractivity contribution in [1.29, 1.82) is 0 Å². The molecule has 41 heavy (non-hydrogen) atoms. The van der Waals surface area contributed by atoms with Crippen LogP contribution in [0, 0.1) is 17.6 Å². The van der Waals surface area contributed by atoms with Crippen molar-refractivity contribution in [2.75, 3.05) is 18.0 Å². The molecule has 2 heterocycles. The summed E-state index contributed by atoms with van der Waals surface area (Å²) >= 11 is 5.01. The van der Waals surface area contributed by atoms with Gasteiger partial charge in [-0.1, -0.05) is 58.4 Å². The summed E-state index contributed by atoms with van der Waals surface area (Å²) in [5, 5.41) is 0.820. The summed E-state index contributed by atoms with van der Waals surface area (Å²) in [4.78, 5) is 13.6. The fraction of sp³-hybridized carbons (Fsp3) is 0.182. The van der Waals surface area contributed by atoms with Crippen LogP contribution in [0.4, 0.5) is 14.5 Å². The number of rotatable bonds is 8. The van der Waals surface area contributed by atoms with Gasteiger partial charge in [0, 0.05) is 45.7 Å². The zero-order valence-electron chi connectivity index (χ0n) is 22.0. The highest BCUT2D eigenvalue weighted by Crippen LogP contribution is 2.48. The zero-order chi connectivity index (χ0) is 28.3. The maximum absolute atomic E-state index is 15.3. The van der Waals surface area contributed by atoms with Crippen LogP contribution in [-0.4, -0.2) is 19.4 Å². The molecular weight excluding hydrogens is 608 g/mol. The summed E-state index contributed by atoms with van der Waals surface area (Å²) in [5.74, 6) is -0.115. The predicted molar refractivity (Wildman–Crippen MR) is 163 cm³/mol. The summed E-state index contributed by atoms with van der Waals surface area (Å²) < 4.78 is 44.8. The number of thiophene rings is 1. The summed E-state index contributed by atoms with van der Waals surface area (Å²) in [6, 6.07) is 26.0. The molecule has 0 amide bonds. The Morgan fingerprint density at radius 3 is 2.29 bits per heavy atom. The van der Waals surface area contributed by atoms with Crippen molar-refractivity contribution >= 4 is 49.3 Å². The number of hydrogen-bond donors (Lipinski definition) is 0. The first-order valence-electron chi connectivity index (χ1n) is 13.3. The summed E-state index contributed by atoms with van der Waals surface area (Å²) in [5.41, 5.74) is 1.91. The molecule has 0 unspecified atom stereocenters. The molecule has 1 aliphatic rings. The lowest BCUT2D eigenvalue weighted by molar-refractivity contribution is -0.111. The van der Waals surface area contributed by atoms with Crippen molar-refractivity contribution in [2.24, 2.45) is 5.92 Å². The number of fused-ring (bicyclic) bond motifs is 1. The third kappa shape index (κ3) is 5.99. The highest BCUT2D eigenvalue weighted by Gasteiger charge is 2.25. The van der Waals surface area contributed by atoms with E-state index >= 15 is 8.78 Å². The van der Waals surface area contributed by atoms with Gasteiger partial charge >= 0.3 is 0 Å². The van der Waals surface area contributed by atoms with Crippen LogP contribution in [0.1, 0.15) is 18.4 Å². The van der Waals surface area contributed by atoms with Gasteiger partial charge in [0.15, 0.2) is 17.4 Å². The number of piperidine rings is 1. The van der Waals surface area contributed by atoms with Gasteiger partial charge in [0.25, 0.3) is 0 Å². The van der Waals surface area contributed by atoms with E-state index in [2.05, 4.69) is 15.9 Å². The molecule has 0 atom stereocenters. The number of hydrogen-bond acceptors (Lipinski definition) is 5. The van der Waals surface area contributed by atoms with Crippen molar-refractivity contribution in [3.63, 3.8) is 0 Å². The molecule has 1 fully saturated rings. The van der Waals surface area contributed by atoms with E-state index in [0.717, 1.165) is 42.6 Å². The molecule has 1 saturated heterocycles. The number of nitrogens with zero attached hydrogens (tertiary/aromatic N) is 1.